The molecule has 0 spiro atoms. The number of rotatable bonds is 0. The number of aromatic nitrogens is 2. The molecule has 2 aromatic heterocycles. The van der Waals surface area contributed by atoms with Crippen LogP contribution in [-0.4, -0.2) is 9.61 Å². The van der Waals surface area contributed by atoms with Crippen LogP contribution in [0.1, 0.15) is 11.1 Å². The second-order valence-electron chi connectivity index (χ2n) is 2.68. The quantitative estimate of drug-likeness (QED) is 0.581. The zero-order chi connectivity index (χ0) is 8.55. The minimum atomic E-state index is 0.642. The molecule has 0 radical (unpaired) electrons. The summed E-state index contributed by atoms with van der Waals surface area (Å²) < 4.78 is 1.72. The summed E-state index contributed by atoms with van der Waals surface area (Å²) in [4.78, 5) is 0. The van der Waals surface area contributed by atoms with Gasteiger partial charge in [-0.3, -0.25) is 0 Å². The molecule has 0 aliphatic rings. The Labute approximate surface area is 69.9 Å². The molecule has 0 N–H and O–H groups in total. The number of hydrogen-bond donors (Lipinski definition) is 0. The van der Waals surface area contributed by atoms with Gasteiger partial charge >= 0.3 is 0 Å². The van der Waals surface area contributed by atoms with E-state index in [2.05, 4.69) is 11.2 Å². The van der Waals surface area contributed by atoms with Crippen molar-refractivity contribution in [1.82, 2.24) is 9.61 Å². The molecule has 0 amide bonds. The Morgan fingerprint density at radius 2 is 2.42 bits per heavy atom. The van der Waals surface area contributed by atoms with Crippen LogP contribution in [0.4, 0.5) is 0 Å². The molecule has 0 saturated heterocycles. The van der Waals surface area contributed by atoms with Crippen molar-refractivity contribution in [3.8, 4) is 6.07 Å². The van der Waals surface area contributed by atoms with Crippen LogP contribution in [-0.2, 0) is 0 Å². The number of pyridine rings is 1. The predicted molar refractivity (Wildman–Crippen MR) is 44.6 cm³/mol. The third-order valence-electron chi connectivity index (χ3n) is 1.84. The van der Waals surface area contributed by atoms with Crippen molar-refractivity contribution >= 4 is 5.52 Å². The van der Waals surface area contributed by atoms with Crippen LogP contribution in [0.5, 0.6) is 0 Å². The monoisotopic (exact) mass is 157 g/mol. The van der Waals surface area contributed by atoms with Gasteiger partial charge in [0.15, 0.2) is 0 Å². The van der Waals surface area contributed by atoms with Crippen molar-refractivity contribution in [1.29, 1.82) is 5.26 Å². The van der Waals surface area contributed by atoms with Crippen LogP contribution in [0.25, 0.3) is 5.52 Å². The minimum Gasteiger partial charge on any atom is -0.239 e. The Balaban J connectivity index is 2.86. The Morgan fingerprint density at radius 1 is 1.58 bits per heavy atom. The normalized spacial score (nSPS) is 10.0. The summed E-state index contributed by atoms with van der Waals surface area (Å²) in [6.07, 6.45) is 3.45. The second kappa shape index (κ2) is 2.35. The molecule has 0 atom stereocenters. The van der Waals surface area contributed by atoms with Crippen molar-refractivity contribution < 1.29 is 0 Å². The van der Waals surface area contributed by atoms with E-state index in [1.54, 1.807) is 16.9 Å². The van der Waals surface area contributed by atoms with Gasteiger partial charge in [0, 0.05) is 12.4 Å². The standard InChI is InChI=1S/C9H7N3/c1-7-4-8(5-10)6-12-9(7)2-3-11-12/h2-4,6H,1H3. The van der Waals surface area contributed by atoms with Gasteiger partial charge in [0.25, 0.3) is 0 Å². The molecule has 0 aromatic carbocycles. The molecule has 2 heterocycles. The maximum Gasteiger partial charge on any atom is 0.101 e. The largest absolute Gasteiger partial charge is 0.239 e. The molecule has 0 aliphatic carbocycles. The predicted octanol–water partition coefficient (Wildman–Crippen LogP) is 1.51. The maximum atomic E-state index is 8.67. The fourth-order valence-corrected chi connectivity index (χ4v) is 1.27. The Morgan fingerprint density at radius 3 is 3.17 bits per heavy atom. The van der Waals surface area contributed by atoms with Gasteiger partial charge in [0.1, 0.15) is 6.07 Å². The summed E-state index contributed by atoms with van der Waals surface area (Å²) in [5.41, 5.74) is 2.77. The third kappa shape index (κ3) is 0.857. The molecular formula is C9H7N3. The SMILES string of the molecule is Cc1cc(C#N)cn2nccc12. The van der Waals surface area contributed by atoms with Gasteiger partial charge in [-0.2, -0.15) is 10.4 Å². The highest BCUT2D eigenvalue weighted by molar-refractivity contribution is 5.55. The first-order valence-corrected chi connectivity index (χ1v) is 3.65. The van der Waals surface area contributed by atoms with E-state index in [4.69, 9.17) is 5.26 Å². The zero-order valence-electron chi connectivity index (χ0n) is 6.65. The van der Waals surface area contributed by atoms with E-state index < -0.39 is 0 Å². The number of aryl methyl sites for hydroxylation is 1. The minimum absolute atomic E-state index is 0.642. The van der Waals surface area contributed by atoms with Crippen molar-refractivity contribution in [3.63, 3.8) is 0 Å². The topological polar surface area (TPSA) is 41.1 Å². The van der Waals surface area contributed by atoms with Crippen LogP contribution in [0.2, 0.25) is 0 Å². The molecule has 0 fully saturated rings. The van der Waals surface area contributed by atoms with Gasteiger partial charge in [0.05, 0.1) is 11.1 Å². The van der Waals surface area contributed by atoms with Gasteiger partial charge < -0.3 is 0 Å². The molecule has 58 valence electrons. The number of hydrogen-bond acceptors (Lipinski definition) is 2. The molecule has 3 heteroatoms. The Hall–Kier alpha value is -1.82. The van der Waals surface area contributed by atoms with E-state index >= 15 is 0 Å². The number of nitrogens with zero attached hydrogens (tertiary/aromatic N) is 3. The van der Waals surface area contributed by atoms with Crippen LogP contribution >= 0.6 is 0 Å². The van der Waals surface area contributed by atoms with Crippen molar-refractivity contribution in [3.05, 3.63) is 35.7 Å². The fourth-order valence-electron chi connectivity index (χ4n) is 1.27. The summed E-state index contributed by atoms with van der Waals surface area (Å²) in [5.74, 6) is 0. The second-order valence-corrected chi connectivity index (χ2v) is 2.68. The smallest absolute Gasteiger partial charge is 0.101 e. The third-order valence-corrected chi connectivity index (χ3v) is 1.84. The van der Waals surface area contributed by atoms with Crippen LogP contribution in [0.15, 0.2) is 24.5 Å². The lowest BCUT2D eigenvalue weighted by molar-refractivity contribution is 0.952. The Kier molecular flexibility index (Phi) is 1.34. The molecular weight excluding hydrogens is 150 g/mol. The van der Waals surface area contributed by atoms with E-state index in [1.807, 2.05) is 19.1 Å². The molecule has 2 aromatic rings. The summed E-state index contributed by atoms with van der Waals surface area (Å²) in [6, 6.07) is 5.87. The highest BCUT2D eigenvalue weighted by Gasteiger charge is 1.99. The summed E-state index contributed by atoms with van der Waals surface area (Å²) >= 11 is 0. The first-order chi connectivity index (χ1) is 5.81. The molecule has 3 nitrogen and oxygen atoms in total. The molecule has 0 unspecified atom stereocenters. The lowest BCUT2D eigenvalue weighted by Gasteiger charge is -1.97. The molecule has 12 heavy (non-hydrogen) atoms. The van der Waals surface area contributed by atoms with Crippen molar-refractivity contribution in [2.24, 2.45) is 0 Å². The van der Waals surface area contributed by atoms with Crippen LogP contribution in [0.3, 0.4) is 0 Å². The van der Waals surface area contributed by atoms with Crippen molar-refractivity contribution in [2.75, 3.05) is 0 Å². The van der Waals surface area contributed by atoms with Gasteiger partial charge in [-0.05, 0) is 24.6 Å². The first-order valence-electron chi connectivity index (χ1n) is 3.65. The number of nitriles is 1. The van der Waals surface area contributed by atoms with E-state index in [0.717, 1.165) is 11.1 Å². The maximum absolute atomic E-state index is 8.67. The van der Waals surface area contributed by atoms with Gasteiger partial charge in [-0.25, -0.2) is 4.52 Å². The fraction of sp³-hybridized carbons (Fsp3) is 0.111. The first kappa shape index (κ1) is 6.86. The highest BCUT2D eigenvalue weighted by atomic mass is 15.2. The average Bonchev–Trinajstić information content (AvgIpc) is 2.52. The zero-order valence-corrected chi connectivity index (χ0v) is 6.65. The van der Waals surface area contributed by atoms with Crippen LogP contribution < -0.4 is 0 Å². The van der Waals surface area contributed by atoms with Crippen molar-refractivity contribution in [2.45, 2.75) is 6.92 Å². The Bertz CT molecular complexity index is 462. The van der Waals surface area contributed by atoms with Gasteiger partial charge in [-0.15, -0.1) is 0 Å². The average molecular weight is 157 g/mol. The lowest BCUT2D eigenvalue weighted by atomic mass is 10.2. The van der Waals surface area contributed by atoms with E-state index in [9.17, 15) is 0 Å². The van der Waals surface area contributed by atoms with Gasteiger partial charge in [-0.1, -0.05) is 0 Å². The van der Waals surface area contributed by atoms with Crippen LogP contribution in [0, 0.1) is 18.3 Å². The van der Waals surface area contributed by atoms with E-state index in [0.29, 0.717) is 5.56 Å². The summed E-state index contributed by atoms with van der Waals surface area (Å²) in [6.45, 7) is 1.97. The summed E-state index contributed by atoms with van der Waals surface area (Å²) in [5, 5.41) is 12.7. The number of fused-ring (bicyclic) bond motifs is 1. The molecule has 0 saturated carbocycles. The lowest BCUT2D eigenvalue weighted by Crippen LogP contribution is -1.90. The van der Waals surface area contributed by atoms with E-state index in [1.165, 1.54) is 0 Å². The molecule has 0 aliphatic heterocycles. The van der Waals surface area contributed by atoms with Gasteiger partial charge in [0.2, 0.25) is 0 Å². The van der Waals surface area contributed by atoms with E-state index in [-0.39, 0.29) is 0 Å². The summed E-state index contributed by atoms with van der Waals surface area (Å²) in [7, 11) is 0. The molecule has 2 rings (SSSR count). The molecule has 0 bridgehead atoms. The highest BCUT2D eigenvalue weighted by Crippen LogP contribution is 2.10.